The third-order valence-corrected chi connectivity index (χ3v) is 1.50. The van der Waals surface area contributed by atoms with E-state index in [2.05, 4.69) is 11.2 Å². The summed E-state index contributed by atoms with van der Waals surface area (Å²) in [6, 6.07) is 3.68. The summed E-state index contributed by atoms with van der Waals surface area (Å²) in [5.41, 5.74) is 0. The van der Waals surface area contributed by atoms with Crippen LogP contribution in [0.15, 0.2) is 16.5 Å². The van der Waals surface area contributed by atoms with Crippen LogP contribution >= 0.6 is 0 Å². The molecule has 11 heavy (non-hydrogen) atoms. The van der Waals surface area contributed by atoms with Gasteiger partial charge in [0, 0.05) is 0 Å². The summed E-state index contributed by atoms with van der Waals surface area (Å²) in [6.45, 7) is 1.90. The zero-order chi connectivity index (χ0) is 8.27. The lowest BCUT2D eigenvalue weighted by Gasteiger charge is -2.03. The molecule has 0 fully saturated rings. The van der Waals surface area contributed by atoms with E-state index >= 15 is 0 Å². The number of rotatable bonds is 2. The SMILES string of the molecule is C#CC(NC)c1ccc(C)o1. The Morgan fingerprint density at radius 2 is 2.36 bits per heavy atom. The quantitative estimate of drug-likeness (QED) is 0.644. The Kier molecular flexibility index (Phi) is 2.35. The van der Waals surface area contributed by atoms with Gasteiger partial charge in [-0.2, -0.15) is 0 Å². The summed E-state index contributed by atoms with van der Waals surface area (Å²) in [5.74, 6) is 4.26. The second-order valence-corrected chi connectivity index (χ2v) is 2.34. The van der Waals surface area contributed by atoms with Crippen molar-refractivity contribution in [3.05, 3.63) is 23.7 Å². The topological polar surface area (TPSA) is 25.2 Å². The van der Waals surface area contributed by atoms with Gasteiger partial charge in [-0.15, -0.1) is 6.42 Å². The maximum atomic E-state index is 5.32. The Hall–Kier alpha value is -1.20. The molecule has 1 aromatic rings. The molecule has 0 spiro atoms. The summed E-state index contributed by atoms with van der Waals surface area (Å²) in [4.78, 5) is 0. The Balaban J connectivity index is 2.84. The molecule has 0 aliphatic heterocycles. The molecule has 2 nitrogen and oxygen atoms in total. The molecule has 1 atom stereocenters. The van der Waals surface area contributed by atoms with E-state index in [4.69, 9.17) is 10.8 Å². The van der Waals surface area contributed by atoms with E-state index in [0.717, 1.165) is 11.5 Å². The van der Waals surface area contributed by atoms with Gasteiger partial charge < -0.3 is 9.73 Å². The van der Waals surface area contributed by atoms with Crippen molar-refractivity contribution in [2.45, 2.75) is 13.0 Å². The van der Waals surface area contributed by atoms with Crippen molar-refractivity contribution < 1.29 is 4.42 Å². The van der Waals surface area contributed by atoms with Crippen LogP contribution in [0.1, 0.15) is 17.6 Å². The second-order valence-electron chi connectivity index (χ2n) is 2.34. The van der Waals surface area contributed by atoms with Gasteiger partial charge in [-0.1, -0.05) is 5.92 Å². The van der Waals surface area contributed by atoms with Gasteiger partial charge in [0.1, 0.15) is 17.6 Å². The van der Waals surface area contributed by atoms with E-state index in [1.165, 1.54) is 0 Å². The number of hydrogen-bond donors (Lipinski definition) is 1. The minimum Gasteiger partial charge on any atom is -0.464 e. The Morgan fingerprint density at radius 3 is 2.73 bits per heavy atom. The monoisotopic (exact) mass is 149 g/mol. The highest BCUT2D eigenvalue weighted by Crippen LogP contribution is 2.14. The highest BCUT2D eigenvalue weighted by atomic mass is 16.3. The molecule has 0 aliphatic carbocycles. The molecule has 0 aliphatic rings. The first-order chi connectivity index (χ1) is 5.27. The summed E-state index contributed by atoms with van der Waals surface area (Å²) in [7, 11) is 1.81. The molecule has 1 rings (SSSR count). The van der Waals surface area contributed by atoms with E-state index in [0.29, 0.717) is 0 Å². The lowest BCUT2D eigenvalue weighted by atomic mass is 10.2. The third kappa shape index (κ3) is 1.63. The molecule has 0 aromatic carbocycles. The van der Waals surface area contributed by atoms with Crippen LogP contribution in [-0.2, 0) is 0 Å². The minimum absolute atomic E-state index is 0.108. The number of hydrogen-bond acceptors (Lipinski definition) is 2. The third-order valence-electron chi connectivity index (χ3n) is 1.50. The largest absolute Gasteiger partial charge is 0.464 e. The van der Waals surface area contributed by atoms with Gasteiger partial charge in [0.2, 0.25) is 0 Å². The lowest BCUT2D eigenvalue weighted by Crippen LogP contribution is -2.12. The fourth-order valence-electron chi connectivity index (χ4n) is 0.916. The summed E-state index contributed by atoms with van der Waals surface area (Å²) >= 11 is 0. The first-order valence-corrected chi connectivity index (χ1v) is 3.47. The number of furan rings is 1. The molecule has 0 amide bonds. The number of aryl methyl sites for hydroxylation is 1. The van der Waals surface area contributed by atoms with Crippen molar-refractivity contribution in [2.24, 2.45) is 0 Å². The Morgan fingerprint density at radius 1 is 1.64 bits per heavy atom. The van der Waals surface area contributed by atoms with Crippen molar-refractivity contribution in [3.63, 3.8) is 0 Å². The maximum Gasteiger partial charge on any atom is 0.133 e. The van der Waals surface area contributed by atoms with Gasteiger partial charge >= 0.3 is 0 Å². The lowest BCUT2D eigenvalue weighted by molar-refractivity contribution is 0.454. The Bertz CT molecular complexity index is 269. The van der Waals surface area contributed by atoms with E-state index < -0.39 is 0 Å². The van der Waals surface area contributed by atoms with Crippen molar-refractivity contribution in [2.75, 3.05) is 7.05 Å². The van der Waals surface area contributed by atoms with E-state index in [-0.39, 0.29) is 6.04 Å². The standard InChI is InChI=1S/C9H11NO/c1-4-8(10-3)9-6-5-7(2)11-9/h1,5-6,8,10H,2-3H3. The predicted molar refractivity (Wildman–Crippen MR) is 44.1 cm³/mol. The fourth-order valence-corrected chi connectivity index (χ4v) is 0.916. The molecule has 2 heteroatoms. The first kappa shape index (κ1) is 7.90. The predicted octanol–water partition coefficient (Wildman–Crippen LogP) is 1.48. The molecule has 0 radical (unpaired) electrons. The molecule has 0 saturated heterocycles. The average Bonchev–Trinajstić information content (AvgIpc) is 2.39. The zero-order valence-corrected chi connectivity index (χ0v) is 6.72. The molecular weight excluding hydrogens is 138 g/mol. The fraction of sp³-hybridized carbons (Fsp3) is 0.333. The molecule has 0 saturated carbocycles. The summed E-state index contributed by atoms with van der Waals surface area (Å²) < 4.78 is 5.32. The molecular formula is C9H11NO. The van der Waals surface area contributed by atoms with Crippen molar-refractivity contribution in [1.29, 1.82) is 0 Å². The van der Waals surface area contributed by atoms with Gasteiger partial charge in [0.25, 0.3) is 0 Å². The minimum atomic E-state index is -0.108. The highest BCUT2D eigenvalue weighted by molar-refractivity contribution is 5.17. The summed E-state index contributed by atoms with van der Waals surface area (Å²) in [5, 5.41) is 2.95. The van der Waals surface area contributed by atoms with Crippen molar-refractivity contribution in [1.82, 2.24) is 5.32 Å². The van der Waals surface area contributed by atoms with Crippen molar-refractivity contribution in [3.8, 4) is 12.3 Å². The normalized spacial score (nSPS) is 12.5. The summed E-state index contributed by atoms with van der Waals surface area (Å²) in [6.07, 6.45) is 5.25. The molecule has 58 valence electrons. The molecule has 1 N–H and O–H groups in total. The smallest absolute Gasteiger partial charge is 0.133 e. The van der Waals surface area contributed by atoms with Crippen LogP contribution in [0.4, 0.5) is 0 Å². The second kappa shape index (κ2) is 3.27. The van der Waals surface area contributed by atoms with Crippen LogP contribution in [0.5, 0.6) is 0 Å². The molecule has 0 bridgehead atoms. The first-order valence-electron chi connectivity index (χ1n) is 3.47. The number of nitrogens with one attached hydrogen (secondary N) is 1. The van der Waals surface area contributed by atoms with Crippen LogP contribution < -0.4 is 5.32 Å². The van der Waals surface area contributed by atoms with Gasteiger partial charge in [-0.25, -0.2) is 0 Å². The van der Waals surface area contributed by atoms with Gasteiger partial charge in [-0.3, -0.25) is 0 Å². The molecule has 1 aromatic heterocycles. The van der Waals surface area contributed by atoms with Gasteiger partial charge in [0.15, 0.2) is 0 Å². The van der Waals surface area contributed by atoms with Crippen LogP contribution in [0, 0.1) is 19.3 Å². The molecule has 1 unspecified atom stereocenters. The van der Waals surface area contributed by atoms with Gasteiger partial charge in [-0.05, 0) is 26.1 Å². The van der Waals surface area contributed by atoms with Gasteiger partial charge in [0.05, 0.1) is 0 Å². The number of terminal acetylenes is 1. The maximum absolute atomic E-state index is 5.32. The van der Waals surface area contributed by atoms with E-state index in [9.17, 15) is 0 Å². The Labute approximate surface area is 66.6 Å². The average molecular weight is 149 g/mol. The van der Waals surface area contributed by atoms with Crippen LogP contribution in [-0.4, -0.2) is 7.05 Å². The molecule has 1 heterocycles. The van der Waals surface area contributed by atoms with Crippen LogP contribution in [0.25, 0.3) is 0 Å². The van der Waals surface area contributed by atoms with E-state index in [1.54, 1.807) is 0 Å². The van der Waals surface area contributed by atoms with Crippen LogP contribution in [0.2, 0.25) is 0 Å². The van der Waals surface area contributed by atoms with E-state index in [1.807, 2.05) is 26.1 Å². The highest BCUT2D eigenvalue weighted by Gasteiger charge is 2.07. The van der Waals surface area contributed by atoms with Crippen LogP contribution in [0.3, 0.4) is 0 Å². The zero-order valence-electron chi connectivity index (χ0n) is 6.72. The van der Waals surface area contributed by atoms with Crippen molar-refractivity contribution >= 4 is 0 Å².